The second kappa shape index (κ2) is 7.99. The molecule has 0 aliphatic heterocycles. The Bertz CT molecular complexity index is 591. The summed E-state index contributed by atoms with van der Waals surface area (Å²) in [5.41, 5.74) is 5.88. The number of quaternary nitrogens is 1. The van der Waals surface area contributed by atoms with Gasteiger partial charge in [-0.1, -0.05) is 42.5 Å². The van der Waals surface area contributed by atoms with Crippen LogP contribution in [0.3, 0.4) is 0 Å². The fourth-order valence-corrected chi connectivity index (χ4v) is 1.91. The molecule has 0 spiro atoms. The van der Waals surface area contributed by atoms with Crippen molar-refractivity contribution in [1.29, 1.82) is 0 Å². The first-order chi connectivity index (χ1) is 10.3. The predicted molar refractivity (Wildman–Crippen MR) is 85.1 cm³/mol. The highest BCUT2D eigenvalue weighted by atomic mass is 16.1. The Morgan fingerprint density at radius 2 is 1.76 bits per heavy atom. The van der Waals surface area contributed by atoms with Crippen molar-refractivity contribution in [3.63, 3.8) is 0 Å². The molecule has 1 amide bonds. The molecule has 0 aliphatic rings. The van der Waals surface area contributed by atoms with E-state index in [1.165, 1.54) is 11.6 Å². The third-order valence-electron chi connectivity index (χ3n) is 3.04. The highest BCUT2D eigenvalue weighted by Gasteiger charge is 1.98. The van der Waals surface area contributed by atoms with Gasteiger partial charge in [0.15, 0.2) is 0 Å². The molecule has 5 N–H and O–H groups in total. The van der Waals surface area contributed by atoms with Crippen LogP contribution in [-0.2, 0) is 11.2 Å². The summed E-state index contributed by atoms with van der Waals surface area (Å²) in [7, 11) is 0. The molecule has 2 rings (SSSR count). The molecule has 0 bridgehead atoms. The van der Waals surface area contributed by atoms with Gasteiger partial charge in [-0.2, -0.15) is 5.43 Å². The predicted octanol–water partition coefficient (Wildman–Crippen LogP) is 1.63. The number of benzene rings is 2. The minimum Gasteiger partial charge on any atom is -0.323 e. The normalized spacial score (nSPS) is 10.7. The smallest absolute Gasteiger partial charge is 0.248 e. The van der Waals surface area contributed by atoms with Gasteiger partial charge in [0.25, 0.3) is 0 Å². The molecule has 0 saturated heterocycles. The van der Waals surface area contributed by atoms with Crippen LogP contribution in [-0.4, -0.2) is 12.5 Å². The minimum absolute atomic E-state index is 0.133. The third kappa shape index (κ3) is 5.22. The Kier molecular flexibility index (Phi) is 5.70. The zero-order valence-electron chi connectivity index (χ0n) is 11.9. The van der Waals surface area contributed by atoms with Crippen molar-refractivity contribution in [3.8, 4) is 0 Å². The molecular weight excluding hydrogens is 262 g/mol. The van der Waals surface area contributed by atoms with Gasteiger partial charge < -0.3 is 5.32 Å². The summed E-state index contributed by atoms with van der Waals surface area (Å²) in [5.74, 6) is 3.46. The molecule has 0 aliphatic carbocycles. The van der Waals surface area contributed by atoms with Gasteiger partial charge in [0.1, 0.15) is 0 Å². The zero-order chi connectivity index (χ0) is 14.9. The van der Waals surface area contributed by atoms with E-state index in [9.17, 15) is 4.79 Å². The van der Waals surface area contributed by atoms with Crippen LogP contribution in [0.4, 0.5) is 5.69 Å². The van der Waals surface area contributed by atoms with Crippen molar-refractivity contribution in [2.45, 2.75) is 6.42 Å². The van der Waals surface area contributed by atoms with Gasteiger partial charge in [0, 0.05) is 18.3 Å². The van der Waals surface area contributed by atoms with Gasteiger partial charge in [-0.25, -0.2) is 0 Å². The van der Waals surface area contributed by atoms with Crippen LogP contribution in [0.2, 0.25) is 0 Å². The number of hydrogen-bond acceptors (Lipinski definition) is 2. The number of anilines is 1. The zero-order valence-corrected chi connectivity index (χ0v) is 11.9. The number of carbonyl (C=O) groups excluding carboxylic acids is 1. The Balaban J connectivity index is 1.89. The highest BCUT2D eigenvalue weighted by Crippen LogP contribution is 2.10. The Morgan fingerprint density at radius 3 is 2.43 bits per heavy atom. The van der Waals surface area contributed by atoms with Crippen LogP contribution >= 0.6 is 0 Å². The lowest BCUT2D eigenvalue weighted by atomic mass is 10.1. The molecule has 2 aromatic rings. The molecule has 21 heavy (non-hydrogen) atoms. The maximum atomic E-state index is 11.8. The van der Waals surface area contributed by atoms with Crippen LogP contribution < -0.4 is 16.6 Å². The molecule has 0 radical (unpaired) electrons. The van der Waals surface area contributed by atoms with Crippen LogP contribution in [0.1, 0.15) is 11.1 Å². The third-order valence-corrected chi connectivity index (χ3v) is 3.04. The lowest BCUT2D eigenvalue weighted by Crippen LogP contribution is -2.65. The van der Waals surface area contributed by atoms with Crippen molar-refractivity contribution in [2.24, 2.45) is 0 Å². The van der Waals surface area contributed by atoms with Gasteiger partial charge in [0.05, 0.1) is 0 Å². The van der Waals surface area contributed by atoms with Gasteiger partial charge in [-0.3, -0.25) is 10.6 Å². The monoisotopic (exact) mass is 282 g/mol. The van der Waals surface area contributed by atoms with Crippen LogP contribution in [0, 0.1) is 0 Å². The van der Waals surface area contributed by atoms with E-state index in [1.807, 2.05) is 54.6 Å². The van der Waals surface area contributed by atoms with E-state index in [4.69, 9.17) is 0 Å². The maximum absolute atomic E-state index is 11.8. The molecule has 4 heteroatoms. The second-order valence-electron chi connectivity index (χ2n) is 4.68. The molecule has 0 fully saturated rings. The molecule has 0 unspecified atom stereocenters. The van der Waals surface area contributed by atoms with Crippen molar-refractivity contribution in [3.05, 3.63) is 71.8 Å². The summed E-state index contributed by atoms with van der Waals surface area (Å²) in [6, 6.07) is 17.6. The molecule has 108 valence electrons. The van der Waals surface area contributed by atoms with Gasteiger partial charge >= 0.3 is 0 Å². The Labute approximate surface area is 124 Å². The Hall–Kier alpha value is -2.43. The second-order valence-corrected chi connectivity index (χ2v) is 4.68. The fourth-order valence-electron chi connectivity index (χ4n) is 1.91. The van der Waals surface area contributed by atoms with Crippen LogP contribution in [0.25, 0.3) is 6.08 Å². The number of rotatable bonds is 6. The number of nitrogens with one attached hydrogen (secondary N) is 2. The van der Waals surface area contributed by atoms with Gasteiger partial charge in [0.2, 0.25) is 5.91 Å². The maximum Gasteiger partial charge on any atom is 0.248 e. The molecule has 0 atom stereocenters. The van der Waals surface area contributed by atoms with E-state index in [1.54, 1.807) is 6.08 Å². The minimum atomic E-state index is -0.133. The van der Waals surface area contributed by atoms with Gasteiger partial charge in [-0.05, 0) is 35.8 Å². The van der Waals surface area contributed by atoms with Crippen molar-refractivity contribution in [1.82, 2.24) is 5.43 Å². The molecule has 0 saturated carbocycles. The molecular formula is C17H20N3O+. The molecule has 0 heterocycles. The topological polar surface area (TPSA) is 68.8 Å². The first-order valence-electron chi connectivity index (χ1n) is 6.91. The lowest BCUT2D eigenvalue weighted by molar-refractivity contribution is -0.442. The fraction of sp³-hybridized carbons (Fsp3) is 0.118. The Morgan fingerprint density at radius 1 is 1.05 bits per heavy atom. The standard InChI is InChI=1S/C17H19N3O/c18-19-13-12-15-6-9-16(10-7-15)20-17(21)11-8-14-4-2-1-3-5-14/h1-11,19H,12-13,18H2,(H,20,21)/p+1. The first-order valence-corrected chi connectivity index (χ1v) is 6.91. The molecule has 4 nitrogen and oxygen atoms in total. The number of amides is 1. The first kappa shape index (κ1) is 15.0. The van der Waals surface area contributed by atoms with Crippen molar-refractivity contribution >= 4 is 17.7 Å². The lowest BCUT2D eigenvalue weighted by Gasteiger charge is -2.04. The van der Waals surface area contributed by atoms with E-state index >= 15 is 0 Å². The number of carbonyl (C=O) groups is 1. The summed E-state index contributed by atoms with van der Waals surface area (Å²) in [6.45, 7) is 0.839. The van der Waals surface area contributed by atoms with Crippen LogP contribution in [0.5, 0.6) is 0 Å². The van der Waals surface area contributed by atoms with E-state index < -0.39 is 0 Å². The van der Waals surface area contributed by atoms with E-state index in [0.717, 1.165) is 24.2 Å². The largest absolute Gasteiger partial charge is 0.323 e. The summed E-state index contributed by atoms with van der Waals surface area (Å²) >= 11 is 0. The van der Waals surface area contributed by atoms with E-state index in [0.29, 0.717) is 0 Å². The summed E-state index contributed by atoms with van der Waals surface area (Å²) in [5, 5.41) is 2.84. The summed E-state index contributed by atoms with van der Waals surface area (Å²) < 4.78 is 0. The SMILES string of the molecule is [NH3+]NCCc1ccc(NC(=O)C=Cc2ccccc2)cc1. The van der Waals surface area contributed by atoms with Crippen molar-refractivity contribution in [2.75, 3.05) is 11.9 Å². The molecule has 2 aromatic carbocycles. The average Bonchev–Trinajstić information content (AvgIpc) is 2.53. The molecule has 0 aromatic heterocycles. The average molecular weight is 282 g/mol. The number of hydrogen-bond donors (Lipinski definition) is 3. The van der Waals surface area contributed by atoms with Gasteiger partial charge in [-0.15, -0.1) is 0 Å². The van der Waals surface area contributed by atoms with Crippen LogP contribution in [0.15, 0.2) is 60.7 Å². The van der Waals surface area contributed by atoms with E-state index in [2.05, 4.69) is 16.6 Å². The van der Waals surface area contributed by atoms with E-state index in [-0.39, 0.29) is 5.91 Å². The highest BCUT2D eigenvalue weighted by molar-refractivity contribution is 6.01. The van der Waals surface area contributed by atoms with Crippen molar-refractivity contribution < 1.29 is 10.6 Å². The summed E-state index contributed by atoms with van der Waals surface area (Å²) in [6.07, 6.45) is 4.26. The quantitative estimate of drug-likeness (QED) is 0.557. The summed E-state index contributed by atoms with van der Waals surface area (Å²) in [4.78, 5) is 11.8.